The van der Waals surface area contributed by atoms with E-state index in [2.05, 4.69) is 70.2 Å². The summed E-state index contributed by atoms with van der Waals surface area (Å²) in [6.07, 6.45) is 6.55. The first kappa shape index (κ1) is 18.9. The quantitative estimate of drug-likeness (QED) is 0.377. The zero-order chi connectivity index (χ0) is 17.5. The van der Waals surface area contributed by atoms with E-state index < -0.39 is 0 Å². The lowest BCUT2D eigenvalue weighted by Gasteiger charge is -2.14. The van der Waals surface area contributed by atoms with Crippen LogP contribution in [0.25, 0.3) is 4.91 Å². The minimum Gasteiger partial charge on any atom is -0.0895 e. The predicted molar refractivity (Wildman–Crippen MR) is 110 cm³/mol. The average molecular weight is 357 g/mol. The summed E-state index contributed by atoms with van der Waals surface area (Å²) >= 11 is 7.95. The molecule has 2 aromatic rings. The summed E-state index contributed by atoms with van der Waals surface area (Å²) in [6.45, 7) is 8.63. The predicted octanol–water partition coefficient (Wildman–Crippen LogP) is 7.70. The number of hydrogen-bond donors (Lipinski definition) is 0. The highest BCUT2D eigenvalue weighted by Gasteiger charge is 2.10. The maximum atomic E-state index is 6.11. The Hall–Kier alpha value is -1.44. The van der Waals surface area contributed by atoms with Gasteiger partial charge in [-0.15, -0.1) is 0 Å². The van der Waals surface area contributed by atoms with Gasteiger partial charge in [-0.1, -0.05) is 66.2 Å². The number of thioether (sulfide) groups is 1. The standard InChI is InChI=1S/C22H25ClS/c1-5-6-7-9-18-10-8-11-20(15-18)24-22(16(2)3)21-13-12-19(23)14-17(21)4/h6-8,10-15H,5,9H2,1-4H3/b7-6-. The molecule has 126 valence electrons. The lowest BCUT2D eigenvalue weighted by Crippen LogP contribution is -1.89. The first-order valence-electron chi connectivity index (χ1n) is 8.37. The maximum absolute atomic E-state index is 6.11. The van der Waals surface area contributed by atoms with Gasteiger partial charge in [-0.25, -0.2) is 0 Å². The van der Waals surface area contributed by atoms with Crippen molar-refractivity contribution in [3.05, 3.63) is 81.9 Å². The lowest BCUT2D eigenvalue weighted by molar-refractivity contribution is 1.17. The van der Waals surface area contributed by atoms with Crippen LogP contribution in [-0.2, 0) is 6.42 Å². The van der Waals surface area contributed by atoms with Crippen molar-refractivity contribution in [1.29, 1.82) is 0 Å². The second kappa shape index (κ2) is 9.15. The van der Waals surface area contributed by atoms with Gasteiger partial charge in [0.15, 0.2) is 0 Å². The highest BCUT2D eigenvalue weighted by molar-refractivity contribution is 8.08. The van der Waals surface area contributed by atoms with Crippen LogP contribution >= 0.6 is 23.4 Å². The Morgan fingerprint density at radius 2 is 1.88 bits per heavy atom. The Morgan fingerprint density at radius 3 is 2.54 bits per heavy atom. The Morgan fingerprint density at radius 1 is 1.08 bits per heavy atom. The normalized spacial score (nSPS) is 11.0. The van der Waals surface area contributed by atoms with Gasteiger partial charge in [0.05, 0.1) is 0 Å². The van der Waals surface area contributed by atoms with Crippen LogP contribution in [0.3, 0.4) is 0 Å². The van der Waals surface area contributed by atoms with Crippen LogP contribution in [0.1, 0.15) is 43.9 Å². The van der Waals surface area contributed by atoms with Crippen molar-refractivity contribution < 1.29 is 0 Å². The van der Waals surface area contributed by atoms with E-state index >= 15 is 0 Å². The summed E-state index contributed by atoms with van der Waals surface area (Å²) in [4.78, 5) is 2.59. The van der Waals surface area contributed by atoms with Crippen LogP contribution < -0.4 is 0 Å². The van der Waals surface area contributed by atoms with Crippen molar-refractivity contribution in [3.8, 4) is 0 Å². The molecular weight excluding hydrogens is 332 g/mol. The van der Waals surface area contributed by atoms with Crippen molar-refractivity contribution in [2.75, 3.05) is 0 Å². The van der Waals surface area contributed by atoms with Crippen LogP contribution in [0.5, 0.6) is 0 Å². The van der Waals surface area contributed by atoms with Crippen LogP contribution in [-0.4, -0.2) is 0 Å². The van der Waals surface area contributed by atoms with Gasteiger partial charge in [0.25, 0.3) is 0 Å². The molecule has 0 fully saturated rings. The van der Waals surface area contributed by atoms with Gasteiger partial charge < -0.3 is 0 Å². The number of allylic oxidation sites excluding steroid dienone is 3. The summed E-state index contributed by atoms with van der Waals surface area (Å²) < 4.78 is 0. The van der Waals surface area contributed by atoms with Crippen molar-refractivity contribution in [3.63, 3.8) is 0 Å². The van der Waals surface area contributed by atoms with Gasteiger partial charge in [0.2, 0.25) is 0 Å². The number of benzene rings is 2. The molecule has 2 rings (SSSR count). The molecule has 0 radical (unpaired) electrons. The van der Waals surface area contributed by atoms with E-state index in [1.54, 1.807) is 0 Å². The number of aryl methyl sites for hydroxylation is 1. The average Bonchev–Trinajstić information content (AvgIpc) is 2.54. The van der Waals surface area contributed by atoms with Gasteiger partial charge in [0, 0.05) is 14.8 Å². The van der Waals surface area contributed by atoms with Crippen LogP contribution in [0.2, 0.25) is 5.02 Å². The van der Waals surface area contributed by atoms with Crippen molar-refractivity contribution in [1.82, 2.24) is 0 Å². The van der Waals surface area contributed by atoms with Crippen molar-refractivity contribution >= 4 is 28.3 Å². The highest BCUT2D eigenvalue weighted by Crippen LogP contribution is 2.38. The fraction of sp³-hybridized carbons (Fsp3) is 0.273. The number of halogens is 1. The Balaban J connectivity index is 2.28. The van der Waals surface area contributed by atoms with Gasteiger partial charge >= 0.3 is 0 Å². The fourth-order valence-corrected chi connectivity index (χ4v) is 3.91. The third-order valence-corrected chi connectivity index (χ3v) is 5.32. The third-order valence-electron chi connectivity index (χ3n) is 3.76. The molecule has 0 aliphatic carbocycles. The van der Waals surface area contributed by atoms with Crippen LogP contribution in [0.4, 0.5) is 0 Å². The van der Waals surface area contributed by atoms with Gasteiger partial charge in [-0.3, -0.25) is 0 Å². The zero-order valence-electron chi connectivity index (χ0n) is 14.9. The Kier molecular flexibility index (Phi) is 7.20. The monoisotopic (exact) mass is 356 g/mol. The van der Waals surface area contributed by atoms with Crippen molar-refractivity contribution in [2.24, 2.45) is 0 Å². The topological polar surface area (TPSA) is 0 Å². The molecule has 0 heterocycles. The Bertz CT molecular complexity index is 752. The number of hydrogen-bond acceptors (Lipinski definition) is 1. The smallest absolute Gasteiger partial charge is 0.0409 e. The minimum atomic E-state index is 0.791. The molecule has 0 saturated heterocycles. The van der Waals surface area contributed by atoms with Crippen LogP contribution in [0.15, 0.2) is 65.1 Å². The second-order valence-corrected chi connectivity index (χ2v) is 7.64. The van der Waals surface area contributed by atoms with E-state index in [0.717, 1.165) is 17.9 Å². The molecule has 0 aliphatic rings. The van der Waals surface area contributed by atoms with Crippen molar-refractivity contribution in [2.45, 2.75) is 45.4 Å². The molecule has 0 saturated carbocycles. The molecule has 0 unspecified atom stereocenters. The molecule has 0 spiro atoms. The first-order chi connectivity index (χ1) is 11.5. The fourth-order valence-electron chi connectivity index (χ4n) is 2.55. The molecule has 0 N–H and O–H groups in total. The van der Waals surface area contributed by atoms with E-state index in [4.69, 9.17) is 11.6 Å². The lowest BCUT2D eigenvalue weighted by atomic mass is 10.1. The molecule has 0 bridgehead atoms. The van der Waals surface area contributed by atoms with Gasteiger partial charge in [-0.05, 0) is 74.6 Å². The number of rotatable bonds is 6. The van der Waals surface area contributed by atoms with E-state index in [9.17, 15) is 0 Å². The second-order valence-electron chi connectivity index (χ2n) is 6.12. The summed E-state index contributed by atoms with van der Waals surface area (Å²) in [6, 6.07) is 15.0. The molecule has 0 amide bonds. The van der Waals surface area contributed by atoms with E-state index in [1.807, 2.05) is 23.9 Å². The molecule has 2 heteroatoms. The van der Waals surface area contributed by atoms with E-state index in [0.29, 0.717) is 0 Å². The van der Waals surface area contributed by atoms with E-state index in [-0.39, 0.29) is 0 Å². The van der Waals surface area contributed by atoms with Gasteiger partial charge in [-0.2, -0.15) is 0 Å². The molecule has 2 aromatic carbocycles. The Labute approximate surface area is 155 Å². The molecule has 0 aromatic heterocycles. The largest absolute Gasteiger partial charge is 0.0895 e. The molecule has 24 heavy (non-hydrogen) atoms. The third kappa shape index (κ3) is 5.29. The SMILES string of the molecule is CC/C=C\Cc1cccc(SC(=C(C)C)c2ccc(Cl)cc2C)c1. The summed E-state index contributed by atoms with van der Waals surface area (Å²) in [7, 11) is 0. The summed E-state index contributed by atoms with van der Waals surface area (Å²) in [5.74, 6) is 0. The minimum absolute atomic E-state index is 0.791. The molecule has 0 aliphatic heterocycles. The molecule has 0 nitrogen and oxygen atoms in total. The molecule has 0 atom stereocenters. The summed E-state index contributed by atoms with van der Waals surface area (Å²) in [5, 5.41) is 0.791. The maximum Gasteiger partial charge on any atom is 0.0409 e. The summed E-state index contributed by atoms with van der Waals surface area (Å²) in [5.41, 5.74) is 5.15. The molecular formula is C22H25ClS. The zero-order valence-corrected chi connectivity index (χ0v) is 16.5. The van der Waals surface area contributed by atoms with E-state index in [1.165, 1.54) is 32.1 Å². The first-order valence-corrected chi connectivity index (χ1v) is 9.56. The van der Waals surface area contributed by atoms with Gasteiger partial charge in [0.1, 0.15) is 0 Å². The van der Waals surface area contributed by atoms with Crippen LogP contribution in [0, 0.1) is 6.92 Å². The highest BCUT2D eigenvalue weighted by atomic mass is 35.5.